The fourth-order valence-corrected chi connectivity index (χ4v) is 1.60. The molecule has 0 saturated carbocycles. The molecular weight excluding hydrogens is 195 g/mol. The smallest absolute Gasteiger partial charge is 0.223 e. The molecule has 2 N–H and O–H groups in total. The Balaban J connectivity index is 2.42. The van der Waals surface area contributed by atoms with Gasteiger partial charge in [0, 0.05) is 12.5 Å². The zero-order valence-corrected chi connectivity index (χ0v) is 9.72. The molecule has 0 radical (unpaired) electrons. The van der Waals surface area contributed by atoms with Gasteiger partial charge in [0.15, 0.2) is 0 Å². The molecule has 0 bridgehead atoms. The monoisotopic (exact) mass is 216 g/mol. The first kappa shape index (κ1) is 12.4. The Kier molecular flexibility index (Phi) is 4.51. The Labute approximate surface area is 90.8 Å². The van der Waals surface area contributed by atoms with Crippen molar-refractivity contribution in [1.82, 2.24) is 10.6 Å². The minimum atomic E-state index is -0.956. The molecule has 3 nitrogen and oxygen atoms in total. The average Bonchev–Trinajstić information content (AvgIpc) is 2.20. The normalized spacial score (nSPS) is 28.9. The van der Waals surface area contributed by atoms with Crippen molar-refractivity contribution in [3.63, 3.8) is 0 Å². The van der Waals surface area contributed by atoms with Gasteiger partial charge in [0.2, 0.25) is 5.91 Å². The third kappa shape index (κ3) is 3.45. The summed E-state index contributed by atoms with van der Waals surface area (Å²) in [4.78, 5) is 11.7. The standard InChI is InChI=1S/C11H21FN2O/c1-7(2)8(3)11(15)14-10-4-5-13-6-9(10)12/h7-10,13H,4-6H2,1-3H3,(H,14,15). The van der Waals surface area contributed by atoms with Gasteiger partial charge in [-0.3, -0.25) is 4.79 Å². The number of carbonyl (C=O) groups excluding carboxylic acids is 1. The van der Waals surface area contributed by atoms with Gasteiger partial charge in [-0.25, -0.2) is 4.39 Å². The maximum absolute atomic E-state index is 13.4. The summed E-state index contributed by atoms with van der Waals surface area (Å²) in [5.74, 6) is 0.219. The Hall–Kier alpha value is -0.640. The molecule has 4 heteroatoms. The summed E-state index contributed by atoms with van der Waals surface area (Å²) in [5, 5.41) is 5.76. The molecule has 1 saturated heterocycles. The van der Waals surface area contributed by atoms with Crippen LogP contribution in [0.2, 0.25) is 0 Å². The van der Waals surface area contributed by atoms with Crippen LogP contribution in [0.4, 0.5) is 4.39 Å². The minimum absolute atomic E-state index is 0.0282. The number of amides is 1. The fraction of sp³-hybridized carbons (Fsp3) is 0.909. The van der Waals surface area contributed by atoms with Gasteiger partial charge in [0.25, 0.3) is 0 Å². The van der Waals surface area contributed by atoms with Gasteiger partial charge in [-0.1, -0.05) is 20.8 Å². The van der Waals surface area contributed by atoms with Crippen molar-refractivity contribution in [2.75, 3.05) is 13.1 Å². The number of halogens is 1. The van der Waals surface area contributed by atoms with E-state index in [1.54, 1.807) is 0 Å². The zero-order valence-electron chi connectivity index (χ0n) is 9.72. The lowest BCUT2D eigenvalue weighted by Crippen LogP contribution is -2.52. The summed E-state index contributed by atoms with van der Waals surface area (Å²) in [5.41, 5.74) is 0. The van der Waals surface area contributed by atoms with Crippen molar-refractivity contribution in [3.05, 3.63) is 0 Å². The molecule has 1 amide bonds. The maximum Gasteiger partial charge on any atom is 0.223 e. The summed E-state index contributed by atoms with van der Waals surface area (Å²) in [6, 6.07) is -0.306. The molecular formula is C11H21FN2O. The van der Waals surface area contributed by atoms with Gasteiger partial charge in [0.1, 0.15) is 6.17 Å². The van der Waals surface area contributed by atoms with Crippen LogP contribution in [0.15, 0.2) is 0 Å². The van der Waals surface area contributed by atoms with Crippen LogP contribution in [-0.4, -0.2) is 31.2 Å². The van der Waals surface area contributed by atoms with Crippen LogP contribution in [0.1, 0.15) is 27.2 Å². The fourth-order valence-electron chi connectivity index (χ4n) is 1.60. The molecule has 1 aliphatic rings. The highest BCUT2D eigenvalue weighted by Gasteiger charge is 2.27. The van der Waals surface area contributed by atoms with Gasteiger partial charge in [-0.05, 0) is 18.9 Å². The molecule has 0 aromatic rings. The van der Waals surface area contributed by atoms with Crippen LogP contribution in [0.3, 0.4) is 0 Å². The predicted molar refractivity (Wildman–Crippen MR) is 58.3 cm³/mol. The molecule has 3 unspecified atom stereocenters. The summed E-state index contributed by atoms with van der Waals surface area (Å²) >= 11 is 0. The Morgan fingerprint density at radius 3 is 2.67 bits per heavy atom. The lowest BCUT2D eigenvalue weighted by atomic mass is 9.96. The van der Waals surface area contributed by atoms with Crippen molar-refractivity contribution in [2.45, 2.75) is 39.4 Å². The zero-order chi connectivity index (χ0) is 11.4. The largest absolute Gasteiger partial charge is 0.350 e. The number of carbonyl (C=O) groups is 1. The van der Waals surface area contributed by atoms with Gasteiger partial charge in [-0.2, -0.15) is 0 Å². The van der Waals surface area contributed by atoms with E-state index in [1.165, 1.54) is 0 Å². The highest BCUT2D eigenvalue weighted by atomic mass is 19.1. The van der Waals surface area contributed by atoms with Crippen molar-refractivity contribution >= 4 is 5.91 Å². The Morgan fingerprint density at radius 1 is 1.47 bits per heavy atom. The van der Waals surface area contributed by atoms with Crippen LogP contribution in [0.5, 0.6) is 0 Å². The molecule has 0 aromatic heterocycles. The Morgan fingerprint density at radius 2 is 2.13 bits per heavy atom. The molecule has 1 fully saturated rings. The second kappa shape index (κ2) is 5.45. The molecule has 15 heavy (non-hydrogen) atoms. The minimum Gasteiger partial charge on any atom is -0.350 e. The number of hydrogen-bond donors (Lipinski definition) is 2. The van der Waals surface area contributed by atoms with Crippen LogP contribution < -0.4 is 10.6 Å². The van der Waals surface area contributed by atoms with Crippen LogP contribution in [0.25, 0.3) is 0 Å². The molecule has 0 aliphatic carbocycles. The topological polar surface area (TPSA) is 41.1 Å². The summed E-state index contributed by atoms with van der Waals surface area (Å²) in [6.45, 7) is 7.01. The lowest BCUT2D eigenvalue weighted by Gasteiger charge is -2.29. The summed E-state index contributed by atoms with van der Waals surface area (Å²) in [7, 11) is 0. The van der Waals surface area contributed by atoms with Crippen molar-refractivity contribution in [2.24, 2.45) is 11.8 Å². The van der Waals surface area contributed by atoms with Crippen LogP contribution in [-0.2, 0) is 4.79 Å². The van der Waals surface area contributed by atoms with E-state index < -0.39 is 6.17 Å². The summed E-state index contributed by atoms with van der Waals surface area (Å²) < 4.78 is 13.4. The molecule has 0 aromatic carbocycles. The first-order valence-corrected chi connectivity index (χ1v) is 5.67. The summed E-state index contributed by atoms with van der Waals surface area (Å²) in [6.07, 6.45) is -0.278. The van der Waals surface area contributed by atoms with Crippen molar-refractivity contribution in [3.8, 4) is 0 Å². The van der Waals surface area contributed by atoms with E-state index in [2.05, 4.69) is 10.6 Å². The second-order valence-electron chi connectivity index (χ2n) is 4.66. The quantitative estimate of drug-likeness (QED) is 0.741. The van der Waals surface area contributed by atoms with Gasteiger partial charge in [-0.15, -0.1) is 0 Å². The highest BCUT2D eigenvalue weighted by molar-refractivity contribution is 5.78. The molecule has 0 spiro atoms. The van der Waals surface area contributed by atoms with Gasteiger partial charge in [0.05, 0.1) is 6.04 Å². The average molecular weight is 216 g/mol. The number of rotatable bonds is 3. The van der Waals surface area contributed by atoms with Crippen molar-refractivity contribution in [1.29, 1.82) is 0 Å². The van der Waals surface area contributed by atoms with Crippen molar-refractivity contribution < 1.29 is 9.18 Å². The third-order valence-corrected chi connectivity index (χ3v) is 3.15. The molecule has 1 heterocycles. The van der Waals surface area contributed by atoms with E-state index in [9.17, 15) is 9.18 Å². The van der Waals surface area contributed by atoms with E-state index >= 15 is 0 Å². The first-order chi connectivity index (χ1) is 7.02. The van der Waals surface area contributed by atoms with Gasteiger partial charge < -0.3 is 10.6 Å². The van der Waals surface area contributed by atoms with Crippen LogP contribution >= 0.6 is 0 Å². The third-order valence-electron chi connectivity index (χ3n) is 3.15. The SMILES string of the molecule is CC(C)C(C)C(=O)NC1CCNCC1F. The molecule has 1 aliphatic heterocycles. The number of nitrogens with one attached hydrogen (secondary N) is 2. The van der Waals surface area contributed by atoms with Gasteiger partial charge >= 0.3 is 0 Å². The van der Waals surface area contributed by atoms with E-state index in [4.69, 9.17) is 0 Å². The van der Waals surface area contributed by atoms with E-state index in [0.717, 1.165) is 6.54 Å². The number of alkyl halides is 1. The predicted octanol–water partition coefficient (Wildman–Crippen LogP) is 1.09. The lowest BCUT2D eigenvalue weighted by molar-refractivity contribution is -0.127. The van der Waals surface area contributed by atoms with E-state index in [0.29, 0.717) is 18.9 Å². The van der Waals surface area contributed by atoms with Crippen LogP contribution in [0, 0.1) is 11.8 Å². The second-order valence-corrected chi connectivity index (χ2v) is 4.66. The Bertz CT molecular complexity index is 221. The first-order valence-electron chi connectivity index (χ1n) is 5.67. The molecule has 1 rings (SSSR count). The van der Waals surface area contributed by atoms with E-state index in [-0.39, 0.29) is 17.9 Å². The maximum atomic E-state index is 13.4. The number of piperidine rings is 1. The molecule has 3 atom stereocenters. The number of hydrogen-bond acceptors (Lipinski definition) is 2. The highest BCUT2D eigenvalue weighted by Crippen LogP contribution is 2.12. The molecule has 88 valence electrons. The van der Waals surface area contributed by atoms with E-state index in [1.807, 2.05) is 20.8 Å².